The Morgan fingerprint density at radius 1 is 1.47 bits per heavy atom. The van der Waals surface area contributed by atoms with Crippen molar-refractivity contribution < 1.29 is 24.5 Å². The topological polar surface area (TPSA) is 95.9 Å². The van der Waals surface area contributed by atoms with Crippen molar-refractivity contribution in [1.29, 1.82) is 0 Å². The minimum atomic E-state index is -1.09. The molecule has 0 fully saturated rings. The van der Waals surface area contributed by atoms with Gasteiger partial charge in [0.25, 0.3) is 0 Å². The smallest absolute Gasteiger partial charge is 0.407 e. The molecule has 96 valence electrons. The van der Waals surface area contributed by atoms with E-state index in [0.29, 0.717) is 0 Å². The molecule has 0 aromatic carbocycles. The largest absolute Gasteiger partial charge is 0.478 e. The van der Waals surface area contributed by atoms with Crippen LogP contribution in [-0.4, -0.2) is 40.0 Å². The van der Waals surface area contributed by atoms with Crippen molar-refractivity contribution in [3.05, 3.63) is 11.6 Å². The second kappa shape index (κ2) is 4.75. The fourth-order valence-electron chi connectivity index (χ4n) is 1.50. The molecule has 0 spiro atoms. The molecule has 2 atom stereocenters. The Bertz CT molecular complexity index is 355. The van der Waals surface area contributed by atoms with E-state index in [9.17, 15) is 14.7 Å². The zero-order valence-electron chi connectivity index (χ0n) is 10.1. The van der Waals surface area contributed by atoms with Crippen LogP contribution in [0.5, 0.6) is 0 Å². The highest BCUT2D eigenvalue weighted by Crippen LogP contribution is 2.20. The molecule has 6 heteroatoms. The summed E-state index contributed by atoms with van der Waals surface area (Å²) in [5, 5.41) is 20.7. The number of ether oxygens (including phenoxy) is 1. The number of aliphatic hydroxyl groups is 1. The number of hydrogen-bond acceptors (Lipinski definition) is 4. The first-order chi connectivity index (χ1) is 7.69. The highest BCUT2D eigenvalue weighted by Gasteiger charge is 2.31. The van der Waals surface area contributed by atoms with Crippen LogP contribution in [0, 0.1) is 0 Å². The number of nitrogens with one attached hydrogen (secondary N) is 1. The number of rotatable bonds is 2. The Labute approximate surface area is 99.3 Å². The molecular formula is C11H17NO5. The van der Waals surface area contributed by atoms with Crippen molar-refractivity contribution in [3.63, 3.8) is 0 Å². The molecule has 0 heterocycles. The standard InChI is InChI=1S/C11H17NO5/c1-11(2,3)17-10(16)12-7-4-6(9(14)15)5-8(7)13/h5,7-8,13H,4H2,1-3H3,(H,12,16)(H,14,15)/t7-,8-/m1/s1. The van der Waals surface area contributed by atoms with Gasteiger partial charge >= 0.3 is 12.1 Å². The molecule has 3 N–H and O–H groups in total. The van der Waals surface area contributed by atoms with Crippen LogP contribution in [-0.2, 0) is 9.53 Å². The number of amides is 1. The lowest BCUT2D eigenvalue weighted by Gasteiger charge is -2.22. The molecule has 0 unspecified atom stereocenters. The highest BCUT2D eigenvalue weighted by molar-refractivity contribution is 5.87. The average Bonchev–Trinajstić information content (AvgIpc) is 2.44. The lowest BCUT2D eigenvalue weighted by Crippen LogP contribution is -2.43. The number of aliphatic carboxylic acids is 1. The van der Waals surface area contributed by atoms with E-state index in [1.54, 1.807) is 20.8 Å². The van der Waals surface area contributed by atoms with Crippen LogP contribution in [0.15, 0.2) is 11.6 Å². The van der Waals surface area contributed by atoms with Crippen LogP contribution in [0.4, 0.5) is 4.79 Å². The minimum Gasteiger partial charge on any atom is -0.478 e. The average molecular weight is 243 g/mol. The van der Waals surface area contributed by atoms with Gasteiger partial charge in [0.1, 0.15) is 5.60 Å². The second-order valence-electron chi connectivity index (χ2n) is 4.94. The van der Waals surface area contributed by atoms with E-state index in [0.717, 1.165) is 0 Å². The first kappa shape index (κ1) is 13.5. The summed E-state index contributed by atoms with van der Waals surface area (Å²) in [6.07, 6.45) is -0.338. The highest BCUT2D eigenvalue weighted by atomic mass is 16.6. The van der Waals surface area contributed by atoms with Gasteiger partial charge in [0.05, 0.1) is 12.1 Å². The van der Waals surface area contributed by atoms with Crippen molar-refractivity contribution in [3.8, 4) is 0 Å². The zero-order valence-corrected chi connectivity index (χ0v) is 10.1. The van der Waals surface area contributed by atoms with Gasteiger partial charge in [-0.15, -0.1) is 0 Å². The Morgan fingerprint density at radius 2 is 2.06 bits per heavy atom. The Balaban J connectivity index is 2.51. The first-order valence-electron chi connectivity index (χ1n) is 5.30. The summed E-state index contributed by atoms with van der Waals surface area (Å²) < 4.78 is 5.01. The summed E-state index contributed by atoms with van der Waals surface area (Å²) >= 11 is 0. The van der Waals surface area contributed by atoms with E-state index in [1.165, 1.54) is 6.08 Å². The molecule has 1 rings (SSSR count). The first-order valence-corrected chi connectivity index (χ1v) is 5.30. The van der Waals surface area contributed by atoms with Gasteiger partial charge in [-0.05, 0) is 26.8 Å². The van der Waals surface area contributed by atoms with Gasteiger partial charge in [0.15, 0.2) is 0 Å². The molecule has 6 nitrogen and oxygen atoms in total. The number of hydrogen-bond donors (Lipinski definition) is 3. The Hall–Kier alpha value is -1.56. The molecule has 0 aromatic rings. The maximum absolute atomic E-state index is 11.4. The maximum atomic E-state index is 11.4. The zero-order chi connectivity index (χ0) is 13.2. The molecule has 0 aliphatic heterocycles. The predicted octanol–water partition coefficient (Wildman–Crippen LogP) is 0.655. The van der Waals surface area contributed by atoms with Gasteiger partial charge < -0.3 is 20.3 Å². The number of alkyl carbamates (subject to hydrolysis) is 1. The van der Waals surface area contributed by atoms with Crippen LogP contribution >= 0.6 is 0 Å². The quantitative estimate of drug-likeness (QED) is 0.662. The SMILES string of the molecule is CC(C)(C)OC(=O)N[C@@H]1CC(C(=O)O)=C[C@H]1O. The Kier molecular flexibility index (Phi) is 3.77. The van der Waals surface area contributed by atoms with E-state index in [2.05, 4.69) is 5.32 Å². The number of aliphatic hydroxyl groups excluding tert-OH is 1. The fraction of sp³-hybridized carbons (Fsp3) is 0.636. The molecule has 1 aliphatic carbocycles. The molecule has 0 saturated carbocycles. The number of carbonyl (C=O) groups excluding carboxylic acids is 1. The number of carboxylic acid groups (broad SMARTS) is 1. The van der Waals surface area contributed by atoms with Gasteiger partial charge in [-0.25, -0.2) is 9.59 Å². The molecule has 1 amide bonds. The van der Waals surface area contributed by atoms with Crippen molar-refractivity contribution in [1.82, 2.24) is 5.32 Å². The van der Waals surface area contributed by atoms with Gasteiger partial charge in [-0.1, -0.05) is 0 Å². The van der Waals surface area contributed by atoms with Gasteiger partial charge in [0.2, 0.25) is 0 Å². The summed E-state index contributed by atoms with van der Waals surface area (Å²) in [5.41, 5.74) is -0.532. The third kappa shape index (κ3) is 4.07. The lowest BCUT2D eigenvalue weighted by atomic mass is 10.1. The minimum absolute atomic E-state index is 0.0930. The van der Waals surface area contributed by atoms with Crippen molar-refractivity contribution in [2.24, 2.45) is 0 Å². The van der Waals surface area contributed by atoms with Crippen LogP contribution in [0.1, 0.15) is 27.2 Å². The summed E-state index contributed by atoms with van der Waals surface area (Å²) in [6.45, 7) is 5.16. The van der Waals surface area contributed by atoms with Crippen LogP contribution in [0.3, 0.4) is 0 Å². The van der Waals surface area contributed by atoms with E-state index < -0.39 is 29.8 Å². The van der Waals surface area contributed by atoms with E-state index in [4.69, 9.17) is 9.84 Å². The molecule has 0 aromatic heterocycles. The number of carboxylic acids is 1. The van der Waals surface area contributed by atoms with E-state index in [-0.39, 0.29) is 12.0 Å². The summed E-state index contributed by atoms with van der Waals surface area (Å²) in [7, 11) is 0. The fourth-order valence-corrected chi connectivity index (χ4v) is 1.50. The van der Waals surface area contributed by atoms with Crippen molar-refractivity contribution in [2.45, 2.75) is 44.9 Å². The molecule has 0 radical (unpaired) electrons. The summed E-state index contributed by atoms with van der Waals surface area (Å²) in [5.74, 6) is -1.09. The monoisotopic (exact) mass is 243 g/mol. The van der Waals surface area contributed by atoms with Gasteiger partial charge in [-0.3, -0.25) is 0 Å². The van der Waals surface area contributed by atoms with Gasteiger partial charge in [-0.2, -0.15) is 0 Å². The molecule has 17 heavy (non-hydrogen) atoms. The van der Waals surface area contributed by atoms with Crippen LogP contribution in [0.25, 0.3) is 0 Å². The lowest BCUT2D eigenvalue weighted by molar-refractivity contribution is -0.132. The van der Waals surface area contributed by atoms with E-state index in [1.807, 2.05) is 0 Å². The van der Waals surface area contributed by atoms with Crippen LogP contribution < -0.4 is 5.32 Å². The van der Waals surface area contributed by atoms with Crippen LogP contribution in [0.2, 0.25) is 0 Å². The van der Waals surface area contributed by atoms with Crippen molar-refractivity contribution in [2.75, 3.05) is 0 Å². The third-order valence-electron chi connectivity index (χ3n) is 2.20. The maximum Gasteiger partial charge on any atom is 0.407 e. The second-order valence-corrected chi connectivity index (χ2v) is 4.94. The summed E-state index contributed by atoms with van der Waals surface area (Å²) in [4.78, 5) is 22.1. The summed E-state index contributed by atoms with van der Waals surface area (Å²) in [6, 6.07) is -0.643. The molecular weight excluding hydrogens is 226 g/mol. The van der Waals surface area contributed by atoms with Crippen molar-refractivity contribution >= 4 is 12.1 Å². The van der Waals surface area contributed by atoms with Gasteiger partial charge in [0, 0.05) is 12.0 Å². The predicted molar refractivity (Wildman–Crippen MR) is 59.5 cm³/mol. The number of carbonyl (C=O) groups is 2. The third-order valence-corrected chi connectivity index (χ3v) is 2.20. The molecule has 0 bridgehead atoms. The normalized spacial score (nSPS) is 24.1. The Morgan fingerprint density at radius 3 is 2.47 bits per heavy atom. The van der Waals surface area contributed by atoms with E-state index >= 15 is 0 Å². The molecule has 0 saturated heterocycles. The molecule has 1 aliphatic rings.